The summed E-state index contributed by atoms with van der Waals surface area (Å²) in [6.45, 7) is 0.757. The first kappa shape index (κ1) is 6.86. The topological polar surface area (TPSA) is 44.8 Å². The molecule has 0 spiro atoms. The van der Waals surface area contributed by atoms with Gasteiger partial charge >= 0.3 is 5.97 Å². The van der Waals surface area contributed by atoms with Crippen molar-refractivity contribution in [2.45, 2.75) is 25.4 Å². The molecule has 4 atom stereocenters. The fourth-order valence-corrected chi connectivity index (χ4v) is 2.30. The molecule has 0 bridgehead atoms. The zero-order valence-electron chi connectivity index (χ0n) is 6.56. The van der Waals surface area contributed by atoms with Gasteiger partial charge in [-0.3, -0.25) is 4.79 Å². The molecule has 0 aromatic rings. The highest BCUT2D eigenvalue weighted by Crippen LogP contribution is 2.44. The minimum absolute atomic E-state index is 0.104. The van der Waals surface area contributed by atoms with Gasteiger partial charge in [0.05, 0.1) is 13.0 Å². The van der Waals surface area contributed by atoms with Crippen molar-refractivity contribution in [3.8, 4) is 0 Å². The SMILES string of the molecule is O=C1C[C@H]2[C@@H](O1)O[C@@H]1OCC[C@@H]12. The first-order valence-corrected chi connectivity index (χ1v) is 4.31. The first-order valence-electron chi connectivity index (χ1n) is 4.31. The maximum Gasteiger partial charge on any atom is 0.308 e. The summed E-state index contributed by atoms with van der Waals surface area (Å²) >= 11 is 0. The van der Waals surface area contributed by atoms with Crippen molar-refractivity contribution in [2.75, 3.05) is 6.61 Å². The fraction of sp³-hybridized carbons (Fsp3) is 0.875. The van der Waals surface area contributed by atoms with Crippen LogP contribution < -0.4 is 0 Å². The number of carbonyl (C=O) groups is 1. The number of esters is 1. The molecule has 3 heterocycles. The largest absolute Gasteiger partial charge is 0.435 e. The highest BCUT2D eigenvalue weighted by atomic mass is 16.8. The third-order valence-electron chi connectivity index (χ3n) is 2.90. The summed E-state index contributed by atoms with van der Waals surface area (Å²) in [5.74, 6) is 0.516. The Morgan fingerprint density at radius 2 is 2.17 bits per heavy atom. The van der Waals surface area contributed by atoms with Gasteiger partial charge in [0.2, 0.25) is 6.29 Å². The Bertz CT molecular complexity index is 227. The maximum atomic E-state index is 10.9. The third-order valence-corrected chi connectivity index (χ3v) is 2.90. The summed E-state index contributed by atoms with van der Waals surface area (Å²) in [5, 5.41) is 0. The van der Waals surface area contributed by atoms with Crippen molar-refractivity contribution in [3.63, 3.8) is 0 Å². The number of carbonyl (C=O) groups excluding carboxylic acids is 1. The van der Waals surface area contributed by atoms with Gasteiger partial charge in [0.15, 0.2) is 6.29 Å². The van der Waals surface area contributed by atoms with E-state index in [4.69, 9.17) is 14.2 Å². The smallest absolute Gasteiger partial charge is 0.308 e. The highest BCUT2D eigenvalue weighted by Gasteiger charge is 2.53. The number of ether oxygens (including phenoxy) is 3. The summed E-state index contributed by atoms with van der Waals surface area (Å²) in [6.07, 6.45) is 1.10. The van der Waals surface area contributed by atoms with Gasteiger partial charge in [-0.15, -0.1) is 0 Å². The Morgan fingerprint density at radius 1 is 1.25 bits per heavy atom. The molecule has 3 aliphatic rings. The first-order chi connectivity index (χ1) is 5.84. The molecule has 66 valence electrons. The Morgan fingerprint density at radius 3 is 3.08 bits per heavy atom. The van der Waals surface area contributed by atoms with Crippen molar-refractivity contribution in [2.24, 2.45) is 11.8 Å². The zero-order valence-corrected chi connectivity index (χ0v) is 6.56. The van der Waals surface area contributed by atoms with Gasteiger partial charge in [-0.05, 0) is 6.42 Å². The second-order valence-corrected chi connectivity index (χ2v) is 3.55. The average Bonchev–Trinajstić information content (AvgIpc) is 2.59. The van der Waals surface area contributed by atoms with Crippen LogP contribution in [0.3, 0.4) is 0 Å². The molecule has 0 unspecified atom stereocenters. The van der Waals surface area contributed by atoms with Crippen molar-refractivity contribution in [1.29, 1.82) is 0 Å². The number of rotatable bonds is 0. The van der Waals surface area contributed by atoms with Crippen LogP contribution in [0.1, 0.15) is 12.8 Å². The predicted molar refractivity (Wildman–Crippen MR) is 36.9 cm³/mol. The second kappa shape index (κ2) is 2.20. The van der Waals surface area contributed by atoms with Crippen LogP contribution >= 0.6 is 0 Å². The molecule has 0 radical (unpaired) electrons. The van der Waals surface area contributed by atoms with Crippen LogP contribution in [0.4, 0.5) is 0 Å². The standard InChI is InChI=1S/C8H10O4/c9-6-3-5-4-1-2-10-7(4)12-8(5)11-6/h4-5,7-8H,1-3H2/t4-,5-,7+,8+/m1/s1. The van der Waals surface area contributed by atoms with Crippen LogP contribution in [0, 0.1) is 11.8 Å². The fourth-order valence-electron chi connectivity index (χ4n) is 2.30. The van der Waals surface area contributed by atoms with Crippen LogP contribution in [0.25, 0.3) is 0 Å². The van der Waals surface area contributed by atoms with E-state index in [-0.39, 0.29) is 24.5 Å². The summed E-state index contributed by atoms with van der Waals surface area (Å²) in [4.78, 5) is 10.9. The summed E-state index contributed by atoms with van der Waals surface area (Å²) in [5.41, 5.74) is 0. The van der Waals surface area contributed by atoms with Crippen molar-refractivity contribution < 1.29 is 19.0 Å². The molecule has 0 amide bonds. The summed E-state index contributed by atoms with van der Waals surface area (Å²) in [7, 11) is 0. The minimum atomic E-state index is -0.312. The molecule has 4 nitrogen and oxygen atoms in total. The van der Waals surface area contributed by atoms with Crippen molar-refractivity contribution in [1.82, 2.24) is 0 Å². The van der Waals surface area contributed by atoms with E-state index in [1.54, 1.807) is 0 Å². The van der Waals surface area contributed by atoms with Gasteiger partial charge < -0.3 is 14.2 Å². The van der Waals surface area contributed by atoms with Crippen LogP contribution in [0.15, 0.2) is 0 Å². The maximum absolute atomic E-state index is 10.9. The van der Waals surface area contributed by atoms with Crippen LogP contribution in [0.5, 0.6) is 0 Å². The quantitative estimate of drug-likeness (QED) is 0.489. The van der Waals surface area contributed by atoms with Crippen LogP contribution in [-0.4, -0.2) is 25.2 Å². The molecule has 0 aromatic carbocycles. The molecular formula is C8H10O4. The van der Waals surface area contributed by atoms with E-state index in [9.17, 15) is 4.79 Å². The molecule has 12 heavy (non-hydrogen) atoms. The Labute approximate surface area is 69.8 Å². The minimum Gasteiger partial charge on any atom is -0.435 e. The predicted octanol–water partition coefficient (Wildman–Crippen LogP) is 0.268. The van der Waals surface area contributed by atoms with Gasteiger partial charge in [0, 0.05) is 11.8 Å². The van der Waals surface area contributed by atoms with E-state index < -0.39 is 0 Å². The molecule has 3 saturated heterocycles. The van der Waals surface area contributed by atoms with E-state index in [2.05, 4.69) is 0 Å². The lowest BCUT2D eigenvalue weighted by atomic mass is 9.91. The monoisotopic (exact) mass is 170 g/mol. The lowest BCUT2D eigenvalue weighted by molar-refractivity contribution is -0.195. The second-order valence-electron chi connectivity index (χ2n) is 3.55. The Balaban J connectivity index is 1.84. The number of hydrogen-bond donors (Lipinski definition) is 0. The van der Waals surface area contributed by atoms with Gasteiger partial charge in [-0.1, -0.05) is 0 Å². The van der Waals surface area contributed by atoms with E-state index in [1.807, 2.05) is 0 Å². The lowest BCUT2D eigenvalue weighted by Gasteiger charge is -2.08. The Kier molecular flexibility index (Phi) is 1.26. The van der Waals surface area contributed by atoms with Gasteiger partial charge in [-0.25, -0.2) is 0 Å². The van der Waals surface area contributed by atoms with Crippen molar-refractivity contribution >= 4 is 5.97 Å². The lowest BCUT2D eigenvalue weighted by Crippen LogP contribution is -2.15. The van der Waals surface area contributed by atoms with Crippen molar-refractivity contribution in [3.05, 3.63) is 0 Å². The van der Waals surface area contributed by atoms with Gasteiger partial charge in [-0.2, -0.15) is 0 Å². The van der Waals surface area contributed by atoms with Gasteiger partial charge in [0.25, 0.3) is 0 Å². The van der Waals surface area contributed by atoms with Crippen LogP contribution in [0.2, 0.25) is 0 Å². The molecule has 0 aliphatic carbocycles. The molecule has 4 heteroatoms. The summed E-state index contributed by atoms with van der Waals surface area (Å²) < 4.78 is 15.7. The number of fused-ring (bicyclic) bond motifs is 3. The molecule has 0 saturated carbocycles. The normalized spacial score (nSPS) is 50.5. The van der Waals surface area contributed by atoms with E-state index >= 15 is 0 Å². The average molecular weight is 170 g/mol. The molecule has 0 aromatic heterocycles. The van der Waals surface area contributed by atoms with E-state index in [1.165, 1.54) is 0 Å². The zero-order chi connectivity index (χ0) is 8.13. The van der Waals surface area contributed by atoms with E-state index in [0.29, 0.717) is 12.3 Å². The van der Waals surface area contributed by atoms with E-state index in [0.717, 1.165) is 13.0 Å². The third kappa shape index (κ3) is 0.765. The van der Waals surface area contributed by atoms with Gasteiger partial charge in [0.1, 0.15) is 0 Å². The molecular weight excluding hydrogens is 160 g/mol. The number of hydrogen-bond acceptors (Lipinski definition) is 4. The summed E-state index contributed by atoms with van der Waals surface area (Å²) in [6, 6.07) is 0. The van der Waals surface area contributed by atoms with Crippen LogP contribution in [-0.2, 0) is 19.0 Å². The molecule has 3 aliphatic heterocycles. The molecule has 3 rings (SSSR count). The molecule has 0 N–H and O–H groups in total. The Hall–Kier alpha value is -0.610. The molecule has 3 fully saturated rings. The highest BCUT2D eigenvalue weighted by molar-refractivity contribution is 5.72.